The van der Waals surface area contributed by atoms with Gasteiger partial charge in [-0.05, 0) is 55.7 Å². The number of azo groups is 2. The topological polar surface area (TPSA) is 105 Å². The Bertz CT molecular complexity index is 1450. The molecule has 214 valence electrons. The summed E-state index contributed by atoms with van der Waals surface area (Å²) in [6, 6.07) is 9.25. The zero-order valence-corrected chi connectivity index (χ0v) is 24.5. The largest absolute Gasteiger partial charge is 0.494 e. The second-order valence-corrected chi connectivity index (χ2v) is 10.3. The van der Waals surface area contributed by atoms with Crippen molar-refractivity contribution in [1.82, 2.24) is 0 Å². The molecule has 0 bridgehead atoms. The van der Waals surface area contributed by atoms with Gasteiger partial charge in [0.05, 0.1) is 24.8 Å². The highest BCUT2D eigenvalue weighted by Gasteiger charge is 2.15. The third-order valence-electron chi connectivity index (χ3n) is 6.35. The van der Waals surface area contributed by atoms with Crippen LogP contribution in [0.5, 0.6) is 11.5 Å². The number of aryl methyl sites for hydroxylation is 1. The summed E-state index contributed by atoms with van der Waals surface area (Å²) in [5.74, 6) is 0.0198. The van der Waals surface area contributed by atoms with Crippen molar-refractivity contribution in [1.29, 1.82) is 0 Å². The lowest BCUT2D eigenvalue weighted by atomic mass is 10.1. The van der Waals surface area contributed by atoms with Gasteiger partial charge < -0.3 is 14.4 Å². The minimum absolute atomic E-state index is 0.0550. The van der Waals surface area contributed by atoms with Crippen molar-refractivity contribution in [2.45, 2.75) is 52.9 Å². The average molecular weight is 570 g/mol. The number of halogens is 1. The number of hydrogen-bond acceptors (Lipinski definition) is 9. The molecule has 0 heterocycles. The van der Waals surface area contributed by atoms with E-state index in [1.165, 1.54) is 32.1 Å². The maximum absolute atomic E-state index is 14.3. The Morgan fingerprint density at radius 3 is 1.98 bits per heavy atom. The lowest BCUT2D eigenvalue weighted by molar-refractivity contribution is 0.405. The van der Waals surface area contributed by atoms with Gasteiger partial charge in [-0.1, -0.05) is 26.7 Å². The fraction of sp³-hybridized carbons (Fsp3) is 0.414. The molecule has 9 nitrogen and oxygen atoms in total. The second kappa shape index (κ2) is 15.1. The van der Waals surface area contributed by atoms with Crippen molar-refractivity contribution in [2.24, 2.45) is 20.5 Å². The molecule has 2 aromatic rings. The number of unbranched alkanes of at least 4 members (excludes halogenated alkanes) is 2. The molecule has 0 unspecified atom stereocenters. The van der Waals surface area contributed by atoms with Gasteiger partial charge in [0.15, 0.2) is 0 Å². The van der Waals surface area contributed by atoms with Crippen molar-refractivity contribution in [2.75, 3.05) is 32.2 Å². The van der Waals surface area contributed by atoms with Crippen molar-refractivity contribution < 1.29 is 22.3 Å². The van der Waals surface area contributed by atoms with Crippen molar-refractivity contribution in [3.63, 3.8) is 0 Å². The first-order valence-corrected chi connectivity index (χ1v) is 14.4. The van der Waals surface area contributed by atoms with Gasteiger partial charge in [0, 0.05) is 37.3 Å². The SMILES string of the molecule is CCCCN(CCCC)c1ccc(N=Nc2cc(OC)c(N=NC3=C(F)CC(=S(=O)=O)C=C3)cc2OC)cc1C. The van der Waals surface area contributed by atoms with Crippen LogP contribution in [-0.4, -0.2) is 40.6 Å². The van der Waals surface area contributed by atoms with E-state index in [9.17, 15) is 12.8 Å². The van der Waals surface area contributed by atoms with Crippen molar-refractivity contribution in [3.8, 4) is 11.5 Å². The van der Waals surface area contributed by atoms with E-state index in [0.717, 1.165) is 44.3 Å². The van der Waals surface area contributed by atoms with E-state index in [4.69, 9.17) is 9.47 Å². The number of benzene rings is 2. The molecule has 0 fully saturated rings. The maximum atomic E-state index is 14.3. The number of ether oxygens (including phenoxy) is 2. The predicted molar refractivity (Wildman–Crippen MR) is 157 cm³/mol. The highest BCUT2D eigenvalue weighted by atomic mass is 32.2. The van der Waals surface area contributed by atoms with Gasteiger partial charge in [-0.15, -0.1) is 15.3 Å². The number of methoxy groups -OCH3 is 2. The summed E-state index contributed by atoms with van der Waals surface area (Å²) in [7, 11) is 0.476. The highest BCUT2D eigenvalue weighted by molar-refractivity contribution is 7.73. The highest BCUT2D eigenvalue weighted by Crippen LogP contribution is 2.41. The van der Waals surface area contributed by atoms with E-state index < -0.39 is 16.1 Å². The average Bonchev–Trinajstić information content (AvgIpc) is 2.95. The molecule has 3 rings (SSSR count). The molecule has 2 aromatic carbocycles. The Kier molecular flexibility index (Phi) is 11.6. The van der Waals surface area contributed by atoms with E-state index in [-0.39, 0.29) is 22.7 Å². The fourth-order valence-corrected chi connectivity index (χ4v) is 4.54. The molecule has 0 saturated heterocycles. The minimum Gasteiger partial charge on any atom is -0.494 e. The van der Waals surface area contributed by atoms with Crippen molar-refractivity contribution in [3.05, 3.63) is 59.6 Å². The summed E-state index contributed by atoms with van der Waals surface area (Å²) in [5.41, 5.74) is 3.69. The van der Waals surface area contributed by atoms with Crippen LogP contribution in [0.4, 0.5) is 27.1 Å². The summed E-state index contributed by atoms with van der Waals surface area (Å²) in [6.07, 6.45) is 6.79. The lowest BCUT2D eigenvalue weighted by Crippen LogP contribution is -2.26. The van der Waals surface area contributed by atoms with Gasteiger partial charge in [0.25, 0.3) is 0 Å². The van der Waals surface area contributed by atoms with Crippen molar-refractivity contribution >= 4 is 37.9 Å². The monoisotopic (exact) mass is 569 g/mol. The molecule has 1 aliphatic carbocycles. The van der Waals surface area contributed by atoms with Gasteiger partial charge in [0.1, 0.15) is 34.4 Å². The van der Waals surface area contributed by atoms with Crippen LogP contribution in [0.25, 0.3) is 0 Å². The van der Waals surface area contributed by atoms with Gasteiger partial charge in [-0.25, -0.2) is 4.39 Å². The van der Waals surface area contributed by atoms with E-state index in [0.29, 0.717) is 22.9 Å². The van der Waals surface area contributed by atoms with Crippen LogP contribution in [0.15, 0.2) is 74.5 Å². The molecule has 0 N–H and O–H groups in total. The van der Waals surface area contributed by atoms with Crippen LogP contribution in [0.3, 0.4) is 0 Å². The van der Waals surface area contributed by atoms with Crippen LogP contribution in [0.1, 0.15) is 51.5 Å². The van der Waals surface area contributed by atoms with Gasteiger partial charge in [0.2, 0.25) is 10.3 Å². The molecule has 0 radical (unpaired) electrons. The predicted octanol–water partition coefficient (Wildman–Crippen LogP) is 8.11. The van der Waals surface area contributed by atoms with Crippen LogP contribution >= 0.6 is 0 Å². The van der Waals surface area contributed by atoms with E-state index in [2.05, 4.69) is 52.2 Å². The summed E-state index contributed by atoms with van der Waals surface area (Å²) < 4.78 is 47.4. The molecule has 0 spiro atoms. The second-order valence-electron chi connectivity index (χ2n) is 9.26. The third kappa shape index (κ3) is 8.08. The molecule has 0 saturated carbocycles. The summed E-state index contributed by atoms with van der Waals surface area (Å²) in [6.45, 7) is 8.55. The standard InChI is InChI=1S/C29H36FN5O4S/c1-6-8-14-35(15-9-7-2)27-13-10-21(16-20(27)3)31-33-25-18-29(39-5)26(19-28(25)38-4)34-32-24-12-11-22(40(36)37)17-23(24)30/h10-13,16,18-19H,6-9,14-15,17H2,1-5H3. The first-order chi connectivity index (χ1) is 19.3. The van der Waals surface area contributed by atoms with Crippen LogP contribution in [0.2, 0.25) is 0 Å². The molecule has 11 heteroatoms. The van der Waals surface area contributed by atoms with Gasteiger partial charge in [-0.3, -0.25) is 0 Å². The Balaban J connectivity index is 1.85. The molecular weight excluding hydrogens is 533 g/mol. The van der Waals surface area contributed by atoms with Gasteiger partial charge >= 0.3 is 0 Å². The molecule has 0 aromatic heterocycles. The molecule has 0 aliphatic heterocycles. The molecule has 40 heavy (non-hydrogen) atoms. The Morgan fingerprint density at radius 2 is 1.48 bits per heavy atom. The number of anilines is 1. The number of rotatable bonds is 13. The Labute approximate surface area is 236 Å². The third-order valence-corrected chi connectivity index (χ3v) is 7.06. The van der Waals surface area contributed by atoms with Crippen LogP contribution in [0, 0.1) is 6.92 Å². The normalized spacial score (nSPS) is 13.5. The number of nitrogens with zero attached hydrogens (tertiary/aromatic N) is 5. The zero-order valence-electron chi connectivity index (χ0n) is 23.6. The van der Waals surface area contributed by atoms with E-state index in [1.54, 1.807) is 12.1 Å². The minimum atomic E-state index is -2.49. The Morgan fingerprint density at radius 1 is 0.875 bits per heavy atom. The maximum Gasteiger partial charge on any atom is 0.217 e. The quantitative estimate of drug-likeness (QED) is 0.179. The van der Waals surface area contributed by atoms with E-state index >= 15 is 0 Å². The molecular formula is C29H36FN5O4S. The smallest absolute Gasteiger partial charge is 0.217 e. The van der Waals surface area contributed by atoms with Crippen LogP contribution in [-0.2, 0) is 10.3 Å². The summed E-state index contributed by atoms with van der Waals surface area (Å²) in [4.78, 5) is 2.39. The molecule has 0 amide bonds. The zero-order chi connectivity index (χ0) is 29.1. The number of hydrogen-bond donors (Lipinski definition) is 0. The summed E-state index contributed by atoms with van der Waals surface area (Å²) in [5, 5.41) is 16.9. The number of allylic oxidation sites excluding steroid dienone is 3. The Hall–Kier alpha value is -3.86. The fourth-order valence-electron chi connectivity index (χ4n) is 4.12. The molecule has 0 atom stereocenters. The first kappa shape index (κ1) is 30.7. The molecule has 1 aliphatic rings. The van der Waals surface area contributed by atoms with E-state index in [1.807, 2.05) is 12.1 Å². The van der Waals surface area contributed by atoms with Gasteiger partial charge in [-0.2, -0.15) is 13.5 Å². The first-order valence-electron chi connectivity index (χ1n) is 13.3. The lowest BCUT2D eigenvalue weighted by Gasteiger charge is -2.26. The van der Waals surface area contributed by atoms with Crippen LogP contribution < -0.4 is 14.4 Å². The summed E-state index contributed by atoms with van der Waals surface area (Å²) >= 11 is 0.